The number of thioether (sulfide) groups is 1. The summed E-state index contributed by atoms with van der Waals surface area (Å²) in [6.45, 7) is 4.82. The van der Waals surface area contributed by atoms with E-state index in [0.29, 0.717) is 19.1 Å². The Hall–Kier alpha value is -1.35. The smallest absolute Gasteiger partial charge is 0.316 e. The summed E-state index contributed by atoms with van der Waals surface area (Å²) < 4.78 is 5.76. The number of carbonyl (C=O) groups is 2. The molecule has 1 aromatic rings. The van der Waals surface area contributed by atoms with Gasteiger partial charge in [0.1, 0.15) is 0 Å². The lowest BCUT2D eigenvalue weighted by Crippen LogP contribution is -2.34. The Morgan fingerprint density at radius 1 is 1.24 bits per heavy atom. The highest BCUT2D eigenvalue weighted by Gasteiger charge is 2.16. The van der Waals surface area contributed by atoms with Crippen molar-refractivity contribution in [3.05, 3.63) is 0 Å². The number of nitrogens with one attached hydrogen (secondary N) is 1. The van der Waals surface area contributed by atoms with Crippen LogP contribution in [0.2, 0.25) is 0 Å². The molecule has 1 N–H and O–H groups in total. The quantitative estimate of drug-likeness (QED) is 0.516. The first-order valence-corrected chi connectivity index (χ1v) is 10.6. The highest BCUT2D eigenvalue weighted by atomic mass is 32.2. The van der Waals surface area contributed by atoms with Gasteiger partial charge >= 0.3 is 5.97 Å². The maximum atomic E-state index is 11.8. The molecule has 0 atom stereocenters. The van der Waals surface area contributed by atoms with Crippen LogP contribution < -0.4 is 5.32 Å². The molecule has 0 radical (unpaired) electrons. The SMILES string of the molecule is CCN(CC)C(=O)COC(=O)CSc1nnc(NC2CCCCC2)s1. The third kappa shape index (κ3) is 6.81. The largest absolute Gasteiger partial charge is 0.455 e. The zero-order chi connectivity index (χ0) is 18.1. The van der Waals surface area contributed by atoms with E-state index in [9.17, 15) is 9.59 Å². The van der Waals surface area contributed by atoms with Gasteiger partial charge in [-0.3, -0.25) is 9.59 Å². The molecule has 0 unspecified atom stereocenters. The summed E-state index contributed by atoms with van der Waals surface area (Å²) in [6.07, 6.45) is 6.18. The Labute approximate surface area is 156 Å². The summed E-state index contributed by atoms with van der Waals surface area (Å²) >= 11 is 2.74. The zero-order valence-electron chi connectivity index (χ0n) is 14.8. The number of hydrogen-bond donors (Lipinski definition) is 1. The molecule has 1 aliphatic rings. The van der Waals surface area contributed by atoms with Crippen molar-refractivity contribution >= 4 is 40.1 Å². The van der Waals surface area contributed by atoms with Crippen molar-refractivity contribution < 1.29 is 14.3 Å². The number of nitrogens with zero attached hydrogens (tertiary/aromatic N) is 3. The van der Waals surface area contributed by atoms with Crippen LogP contribution in [-0.2, 0) is 14.3 Å². The minimum atomic E-state index is -0.414. The molecule has 1 saturated carbocycles. The Kier molecular flexibility index (Phi) is 8.47. The monoisotopic (exact) mass is 386 g/mol. The fourth-order valence-corrected chi connectivity index (χ4v) is 4.35. The van der Waals surface area contributed by atoms with Crippen molar-refractivity contribution in [3.63, 3.8) is 0 Å². The van der Waals surface area contributed by atoms with Crippen LogP contribution >= 0.6 is 23.1 Å². The predicted octanol–water partition coefficient (Wildman–Crippen LogP) is 2.79. The van der Waals surface area contributed by atoms with E-state index in [0.717, 1.165) is 9.47 Å². The topological polar surface area (TPSA) is 84.4 Å². The molecule has 7 nitrogen and oxygen atoms in total. The molecule has 9 heteroatoms. The summed E-state index contributed by atoms with van der Waals surface area (Å²) in [7, 11) is 0. The Bertz CT molecular complexity index is 557. The van der Waals surface area contributed by atoms with Crippen molar-refractivity contribution in [2.75, 3.05) is 30.8 Å². The van der Waals surface area contributed by atoms with E-state index in [1.54, 1.807) is 4.90 Å². The van der Waals surface area contributed by atoms with E-state index in [4.69, 9.17) is 4.74 Å². The van der Waals surface area contributed by atoms with E-state index in [1.807, 2.05) is 13.8 Å². The first-order valence-electron chi connectivity index (χ1n) is 8.78. The van der Waals surface area contributed by atoms with Gasteiger partial charge in [0.05, 0.1) is 5.75 Å². The maximum absolute atomic E-state index is 11.8. The van der Waals surface area contributed by atoms with Crippen molar-refractivity contribution in [3.8, 4) is 0 Å². The van der Waals surface area contributed by atoms with Gasteiger partial charge in [-0.1, -0.05) is 42.4 Å². The minimum Gasteiger partial charge on any atom is -0.455 e. The van der Waals surface area contributed by atoms with Gasteiger partial charge in [0.15, 0.2) is 10.9 Å². The number of amides is 1. The summed E-state index contributed by atoms with van der Waals surface area (Å²) in [5.41, 5.74) is 0. The van der Waals surface area contributed by atoms with Crippen molar-refractivity contribution in [2.45, 2.75) is 56.3 Å². The molecule has 1 amide bonds. The van der Waals surface area contributed by atoms with Gasteiger partial charge in [-0.25, -0.2) is 0 Å². The fraction of sp³-hybridized carbons (Fsp3) is 0.750. The first kappa shape index (κ1) is 20.0. The molecular weight excluding hydrogens is 360 g/mol. The molecular formula is C16H26N4O3S2. The van der Waals surface area contributed by atoms with Crippen LogP contribution in [0, 0.1) is 0 Å². The number of anilines is 1. The zero-order valence-corrected chi connectivity index (χ0v) is 16.5. The second-order valence-electron chi connectivity index (χ2n) is 5.87. The lowest BCUT2D eigenvalue weighted by molar-refractivity contribution is -0.149. The van der Waals surface area contributed by atoms with E-state index in [1.165, 1.54) is 55.2 Å². The number of likely N-dealkylation sites (N-methyl/N-ethyl adjacent to an activating group) is 1. The number of hydrogen-bond acceptors (Lipinski definition) is 8. The van der Waals surface area contributed by atoms with Gasteiger partial charge in [-0.05, 0) is 26.7 Å². The average Bonchev–Trinajstić information content (AvgIpc) is 3.07. The molecule has 2 rings (SSSR count). The summed E-state index contributed by atoms with van der Waals surface area (Å²) in [6, 6.07) is 0.482. The highest BCUT2D eigenvalue weighted by molar-refractivity contribution is 8.01. The lowest BCUT2D eigenvalue weighted by atomic mass is 9.96. The van der Waals surface area contributed by atoms with Crippen molar-refractivity contribution in [1.82, 2.24) is 15.1 Å². The van der Waals surface area contributed by atoms with Gasteiger partial charge in [-0.2, -0.15) is 0 Å². The van der Waals surface area contributed by atoms with E-state index in [2.05, 4.69) is 15.5 Å². The fourth-order valence-electron chi connectivity index (χ4n) is 2.72. The van der Waals surface area contributed by atoms with Crippen LogP contribution in [0.4, 0.5) is 5.13 Å². The van der Waals surface area contributed by atoms with E-state index >= 15 is 0 Å². The Morgan fingerprint density at radius 2 is 1.96 bits per heavy atom. The highest BCUT2D eigenvalue weighted by Crippen LogP contribution is 2.28. The molecule has 0 bridgehead atoms. The number of rotatable bonds is 9. The van der Waals surface area contributed by atoms with Crippen LogP contribution in [0.3, 0.4) is 0 Å². The maximum Gasteiger partial charge on any atom is 0.316 e. The minimum absolute atomic E-state index is 0.129. The second kappa shape index (κ2) is 10.6. The average molecular weight is 387 g/mol. The second-order valence-corrected chi connectivity index (χ2v) is 8.07. The third-order valence-electron chi connectivity index (χ3n) is 4.13. The summed E-state index contributed by atoms with van der Waals surface area (Å²) in [4.78, 5) is 25.2. The number of carbonyl (C=O) groups excluding carboxylic acids is 2. The van der Waals surface area contributed by atoms with Crippen molar-refractivity contribution in [2.24, 2.45) is 0 Å². The van der Waals surface area contributed by atoms with Gasteiger partial charge in [0, 0.05) is 19.1 Å². The van der Waals surface area contributed by atoms with Gasteiger partial charge < -0.3 is 15.0 Å². The van der Waals surface area contributed by atoms with Crippen LogP contribution in [0.15, 0.2) is 4.34 Å². The van der Waals surface area contributed by atoms with Gasteiger partial charge in [-0.15, -0.1) is 10.2 Å². The summed E-state index contributed by atoms with van der Waals surface area (Å²) in [5, 5.41) is 12.4. The molecule has 140 valence electrons. The molecule has 1 heterocycles. The molecule has 0 aliphatic heterocycles. The van der Waals surface area contributed by atoms with E-state index < -0.39 is 5.97 Å². The number of esters is 1. The molecule has 0 spiro atoms. The van der Waals surface area contributed by atoms with Crippen molar-refractivity contribution in [1.29, 1.82) is 0 Å². The van der Waals surface area contributed by atoms with Crippen LogP contribution in [0.1, 0.15) is 46.0 Å². The molecule has 0 aromatic carbocycles. The predicted molar refractivity (Wildman–Crippen MR) is 100 cm³/mol. The summed E-state index contributed by atoms with van der Waals surface area (Å²) in [5.74, 6) is -0.454. The molecule has 25 heavy (non-hydrogen) atoms. The van der Waals surface area contributed by atoms with E-state index in [-0.39, 0.29) is 18.3 Å². The molecule has 1 fully saturated rings. The first-order chi connectivity index (χ1) is 12.1. The standard InChI is InChI=1S/C16H26N4O3S2/c1-3-20(4-2)13(21)10-23-14(22)11-24-16-19-18-15(25-16)17-12-8-6-5-7-9-12/h12H,3-11H2,1-2H3,(H,17,18). The van der Waals surface area contributed by atoms with Crippen LogP contribution in [0.5, 0.6) is 0 Å². The number of ether oxygens (including phenoxy) is 1. The Balaban J connectivity index is 1.68. The Morgan fingerprint density at radius 3 is 2.64 bits per heavy atom. The van der Waals surface area contributed by atoms with Crippen LogP contribution in [0.25, 0.3) is 0 Å². The molecule has 1 aliphatic carbocycles. The van der Waals surface area contributed by atoms with Crippen LogP contribution in [-0.4, -0.2) is 58.5 Å². The molecule has 1 aromatic heterocycles. The number of aromatic nitrogens is 2. The van der Waals surface area contributed by atoms with Gasteiger partial charge in [0.2, 0.25) is 5.13 Å². The third-order valence-corrected chi connectivity index (χ3v) is 6.09. The molecule has 0 saturated heterocycles. The normalized spacial score (nSPS) is 15.0. The van der Waals surface area contributed by atoms with Gasteiger partial charge in [0.25, 0.3) is 5.91 Å². The lowest BCUT2D eigenvalue weighted by Gasteiger charge is -2.21.